The number of hydrogen-bond donors (Lipinski definition) is 1. The minimum absolute atomic E-state index is 0.246. The minimum Gasteiger partial charge on any atom is -0.477 e. The molecule has 126 valence electrons. The predicted octanol–water partition coefficient (Wildman–Crippen LogP) is 3.30. The summed E-state index contributed by atoms with van der Waals surface area (Å²) < 4.78 is 18.3. The molecular weight excluding hydrogens is 315 g/mol. The largest absolute Gasteiger partial charge is 0.477 e. The molecule has 0 saturated heterocycles. The Morgan fingerprint density at radius 3 is 2.71 bits per heavy atom. The van der Waals surface area contributed by atoms with Gasteiger partial charge in [-0.15, -0.1) is 0 Å². The quantitative estimate of drug-likeness (QED) is 0.650. The molecule has 0 saturated carbocycles. The molecule has 7 heteroatoms. The van der Waals surface area contributed by atoms with Crippen LogP contribution in [0.4, 0.5) is 10.1 Å². The summed E-state index contributed by atoms with van der Waals surface area (Å²) >= 11 is 0. The van der Waals surface area contributed by atoms with E-state index in [0.717, 1.165) is 29.3 Å². The van der Waals surface area contributed by atoms with Gasteiger partial charge in [0.2, 0.25) is 5.75 Å². The molecule has 1 unspecified atom stereocenters. The molecule has 0 aromatic heterocycles. The van der Waals surface area contributed by atoms with Gasteiger partial charge in [0, 0.05) is 12.1 Å². The number of rotatable bonds is 6. The lowest BCUT2D eigenvalue weighted by Gasteiger charge is -2.16. The van der Waals surface area contributed by atoms with E-state index in [2.05, 4.69) is 5.32 Å². The first kappa shape index (κ1) is 17.4. The number of nitrogens with zero attached hydrogens (tertiary/aromatic N) is 1. The zero-order valence-electron chi connectivity index (χ0n) is 13.3. The fraction of sp³-hybridized carbons (Fsp3) is 0.235. The molecule has 2 aromatic rings. The number of nitro benzene ring substituents is 1. The molecule has 0 heterocycles. The first-order valence-electron chi connectivity index (χ1n) is 7.30. The van der Waals surface area contributed by atoms with Crippen molar-refractivity contribution < 1.29 is 18.8 Å². The molecule has 1 atom stereocenters. The number of benzene rings is 2. The van der Waals surface area contributed by atoms with E-state index < -0.39 is 28.9 Å². The maximum Gasteiger partial charge on any atom is 0.311 e. The lowest BCUT2D eigenvalue weighted by Crippen LogP contribution is -2.31. The summed E-state index contributed by atoms with van der Waals surface area (Å²) in [5.41, 5.74) is 1.60. The van der Waals surface area contributed by atoms with Gasteiger partial charge in [0.15, 0.2) is 6.61 Å². The molecule has 0 aliphatic rings. The van der Waals surface area contributed by atoms with Crippen LogP contribution in [0.1, 0.15) is 24.1 Å². The molecule has 0 radical (unpaired) electrons. The first-order chi connectivity index (χ1) is 11.4. The second kappa shape index (κ2) is 7.54. The third kappa shape index (κ3) is 4.28. The van der Waals surface area contributed by atoms with Gasteiger partial charge in [0.25, 0.3) is 5.91 Å². The molecule has 1 N–H and O–H groups in total. The Balaban J connectivity index is 2.00. The first-order valence-corrected chi connectivity index (χ1v) is 7.30. The molecule has 0 spiro atoms. The van der Waals surface area contributed by atoms with Crippen LogP contribution in [0.25, 0.3) is 0 Å². The molecule has 0 aliphatic carbocycles. The molecular formula is C17H17FN2O4. The number of nitro groups is 1. The monoisotopic (exact) mass is 332 g/mol. The number of ether oxygens (including phenoxy) is 1. The van der Waals surface area contributed by atoms with E-state index in [0.29, 0.717) is 0 Å². The van der Waals surface area contributed by atoms with Gasteiger partial charge in [-0.25, -0.2) is 4.39 Å². The van der Waals surface area contributed by atoms with Gasteiger partial charge < -0.3 is 10.1 Å². The Kier molecular flexibility index (Phi) is 5.47. The van der Waals surface area contributed by atoms with Gasteiger partial charge in [-0.05, 0) is 31.0 Å². The van der Waals surface area contributed by atoms with Crippen molar-refractivity contribution in [2.75, 3.05) is 6.61 Å². The van der Waals surface area contributed by atoms with E-state index in [-0.39, 0.29) is 11.8 Å². The van der Waals surface area contributed by atoms with Crippen molar-refractivity contribution in [3.63, 3.8) is 0 Å². The van der Waals surface area contributed by atoms with Crippen molar-refractivity contribution in [2.45, 2.75) is 19.9 Å². The number of carbonyl (C=O) groups is 1. The maximum atomic E-state index is 13.2. The number of carbonyl (C=O) groups excluding carboxylic acids is 1. The lowest BCUT2D eigenvalue weighted by atomic mass is 10.0. The smallest absolute Gasteiger partial charge is 0.311 e. The van der Waals surface area contributed by atoms with Gasteiger partial charge in [0.05, 0.1) is 11.0 Å². The van der Waals surface area contributed by atoms with Crippen LogP contribution in [0.5, 0.6) is 5.75 Å². The second-order valence-electron chi connectivity index (χ2n) is 5.30. The van der Waals surface area contributed by atoms with Crippen LogP contribution in [0.3, 0.4) is 0 Å². The number of nitrogens with one attached hydrogen (secondary N) is 1. The minimum atomic E-state index is -0.692. The summed E-state index contributed by atoms with van der Waals surface area (Å²) in [4.78, 5) is 22.2. The van der Waals surface area contributed by atoms with Gasteiger partial charge in [0.1, 0.15) is 5.82 Å². The third-order valence-electron chi connectivity index (χ3n) is 3.51. The van der Waals surface area contributed by atoms with Gasteiger partial charge in [-0.1, -0.05) is 24.3 Å². The summed E-state index contributed by atoms with van der Waals surface area (Å²) in [7, 11) is 0. The highest BCUT2D eigenvalue weighted by Crippen LogP contribution is 2.27. The Morgan fingerprint density at radius 2 is 2.04 bits per heavy atom. The van der Waals surface area contributed by atoms with E-state index >= 15 is 0 Å². The number of aryl methyl sites for hydroxylation is 1. The average Bonchev–Trinajstić information content (AvgIpc) is 2.53. The van der Waals surface area contributed by atoms with Crippen LogP contribution < -0.4 is 10.1 Å². The van der Waals surface area contributed by atoms with Crippen molar-refractivity contribution in [1.29, 1.82) is 0 Å². The molecule has 0 bridgehead atoms. The van der Waals surface area contributed by atoms with Crippen molar-refractivity contribution in [3.05, 3.63) is 69.5 Å². The number of hydrogen-bond acceptors (Lipinski definition) is 4. The van der Waals surface area contributed by atoms with Crippen LogP contribution in [0, 0.1) is 22.9 Å². The molecule has 6 nitrogen and oxygen atoms in total. The van der Waals surface area contributed by atoms with Crippen LogP contribution >= 0.6 is 0 Å². The normalized spacial score (nSPS) is 11.6. The molecule has 0 fully saturated rings. The Hall–Kier alpha value is -2.96. The van der Waals surface area contributed by atoms with E-state index in [1.165, 1.54) is 0 Å². The summed E-state index contributed by atoms with van der Waals surface area (Å²) in [5.74, 6) is -1.41. The summed E-state index contributed by atoms with van der Waals surface area (Å²) in [6.07, 6.45) is 0. The van der Waals surface area contributed by atoms with E-state index in [9.17, 15) is 19.3 Å². The lowest BCUT2D eigenvalue weighted by molar-refractivity contribution is -0.385. The van der Waals surface area contributed by atoms with Crippen molar-refractivity contribution in [1.82, 2.24) is 5.32 Å². The van der Waals surface area contributed by atoms with Crippen LogP contribution in [-0.4, -0.2) is 17.4 Å². The fourth-order valence-electron chi connectivity index (χ4n) is 2.33. The Bertz CT molecular complexity index is 764. The highest BCUT2D eigenvalue weighted by molar-refractivity contribution is 5.78. The Labute approximate surface area is 138 Å². The zero-order chi connectivity index (χ0) is 17.7. The SMILES string of the molecule is Cc1ccccc1C(C)NC(=O)COc1cc(F)ccc1[N+](=O)[O-]. The summed E-state index contributed by atoms with van der Waals surface area (Å²) in [6.45, 7) is 3.32. The fourth-order valence-corrected chi connectivity index (χ4v) is 2.33. The Morgan fingerprint density at radius 1 is 1.33 bits per heavy atom. The van der Waals surface area contributed by atoms with Crippen molar-refractivity contribution in [3.8, 4) is 5.75 Å². The topological polar surface area (TPSA) is 81.5 Å². The molecule has 1 amide bonds. The van der Waals surface area contributed by atoms with Gasteiger partial charge >= 0.3 is 5.69 Å². The third-order valence-corrected chi connectivity index (χ3v) is 3.51. The standard InChI is InChI=1S/C17H17FN2O4/c1-11-5-3-4-6-14(11)12(2)19-17(21)10-24-16-9-13(18)7-8-15(16)20(22)23/h3-9,12H,10H2,1-2H3,(H,19,21). The summed E-state index contributed by atoms with van der Waals surface area (Å²) in [6, 6.07) is 10.2. The van der Waals surface area contributed by atoms with Crippen molar-refractivity contribution in [2.24, 2.45) is 0 Å². The van der Waals surface area contributed by atoms with Crippen molar-refractivity contribution >= 4 is 11.6 Å². The number of halogens is 1. The number of amides is 1. The highest BCUT2D eigenvalue weighted by Gasteiger charge is 2.18. The van der Waals surface area contributed by atoms with Crippen LogP contribution in [-0.2, 0) is 4.79 Å². The average molecular weight is 332 g/mol. The maximum absolute atomic E-state index is 13.2. The highest BCUT2D eigenvalue weighted by atomic mass is 19.1. The molecule has 2 rings (SSSR count). The van der Waals surface area contributed by atoms with Crippen LogP contribution in [0.2, 0.25) is 0 Å². The molecule has 24 heavy (non-hydrogen) atoms. The summed E-state index contributed by atoms with van der Waals surface area (Å²) in [5, 5.41) is 13.6. The molecule has 0 aliphatic heterocycles. The van der Waals surface area contributed by atoms with Crippen LogP contribution in [0.15, 0.2) is 42.5 Å². The second-order valence-corrected chi connectivity index (χ2v) is 5.30. The van der Waals surface area contributed by atoms with E-state index in [1.54, 1.807) is 0 Å². The predicted molar refractivity (Wildman–Crippen MR) is 86.3 cm³/mol. The molecule has 2 aromatic carbocycles. The van der Waals surface area contributed by atoms with Gasteiger partial charge in [-0.2, -0.15) is 0 Å². The van der Waals surface area contributed by atoms with E-state index in [4.69, 9.17) is 4.74 Å². The van der Waals surface area contributed by atoms with E-state index in [1.807, 2.05) is 38.1 Å². The zero-order valence-corrected chi connectivity index (χ0v) is 13.3. The van der Waals surface area contributed by atoms with Gasteiger partial charge in [-0.3, -0.25) is 14.9 Å².